The third kappa shape index (κ3) is 3.03. The molecule has 0 spiro atoms. The highest BCUT2D eigenvalue weighted by molar-refractivity contribution is 7.99. The predicted octanol–water partition coefficient (Wildman–Crippen LogP) is 2.08. The van der Waals surface area contributed by atoms with Gasteiger partial charge in [-0.3, -0.25) is 4.68 Å². The van der Waals surface area contributed by atoms with E-state index < -0.39 is 0 Å². The quantitative estimate of drug-likeness (QED) is 0.788. The van der Waals surface area contributed by atoms with E-state index in [0.29, 0.717) is 0 Å². The molecule has 14 heavy (non-hydrogen) atoms. The van der Waals surface area contributed by atoms with Gasteiger partial charge in [-0.15, -0.1) is 0 Å². The van der Waals surface area contributed by atoms with E-state index in [0.717, 1.165) is 30.2 Å². The molecule has 1 atom stereocenters. The topological polar surface area (TPSA) is 38.0 Å². The van der Waals surface area contributed by atoms with Crippen LogP contribution in [0.3, 0.4) is 0 Å². The molecule has 0 aliphatic carbocycles. The summed E-state index contributed by atoms with van der Waals surface area (Å²) in [6.07, 6.45) is 2.42. The number of hydrogen-bond donors (Lipinski definition) is 1. The Morgan fingerprint density at radius 2 is 2.36 bits per heavy atom. The number of hydrogen-bond acceptors (Lipinski definition) is 3. The smallest absolute Gasteiger partial charge is 0.105 e. The van der Waals surface area contributed by atoms with Gasteiger partial charge in [-0.1, -0.05) is 13.8 Å². The van der Waals surface area contributed by atoms with E-state index in [9.17, 15) is 5.11 Å². The van der Waals surface area contributed by atoms with Crippen molar-refractivity contribution in [2.75, 3.05) is 11.5 Å². The molecular formula is C10H18N2OS. The summed E-state index contributed by atoms with van der Waals surface area (Å²) < 4.78 is 1.89. The summed E-state index contributed by atoms with van der Waals surface area (Å²) in [5.74, 6) is 1.80. The van der Waals surface area contributed by atoms with Gasteiger partial charge in [-0.25, -0.2) is 0 Å². The predicted molar refractivity (Wildman–Crippen MR) is 60.5 cm³/mol. The molecule has 4 heteroatoms. The molecule has 0 saturated heterocycles. The van der Waals surface area contributed by atoms with E-state index in [1.807, 2.05) is 10.7 Å². The van der Waals surface area contributed by atoms with Gasteiger partial charge in [-0.05, 0) is 18.2 Å². The van der Waals surface area contributed by atoms with Crippen molar-refractivity contribution in [1.82, 2.24) is 9.78 Å². The second kappa shape index (κ2) is 6.09. The van der Waals surface area contributed by atoms with Gasteiger partial charge in [0.05, 0.1) is 5.69 Å². The lowest BCUT2D eigenvalue weighted by Crippen LogP contribution is -2.10. The molecule has 1 heterocycles. The van der Waals surface area contributed by atoms with Crippen molar-refractivity contribution in [3.63, 3.8) is 0 Å². The Balaban J connectivity index is 2.58. The highest BCUT2D eigenvalue weighted by Gasteiger charge is 2.11. The first kappa shape index (κ1) is 11.6. The molecule has 3 nitrogen and oxygen atoms in total. The fourth-order valence-electron chi connectivity index (χ4n) is 1.34. The van der Waals surface area contributed by atoms with Crippen LogP contribution in [-0.2, 0) is 6.54 Å². The molecule has 0 aliphatic heterocycles. The molecule has 0 amide bonds. The van der Waals surface area contributed by atoms with Crippen molar-refractivity contribution in [3.05, 3.63) is 18.0 Å². The van der Waals surface area contributed by atoms with Crippen LogP contribution in [-0.4, -0.2) is 26.4 Å². The van der Waals surface area contributed by atoms with Gasteiger partial charge in [0.2, 0.25) is 0 Å². The lowest BCUT2D eigenvalue weighted by Gasteiger charge is -2.11. The zero-order valence-electron chi connectivity index (χ0n) is 8.81. The number of thioether (sulfide) groups is 1. The number of aliphatic hydroxyl groups is 1. The normalized spacial score (nSPS) is 13.1. The Morgan fingerprint density at radius 1 is 1.57 bits per heavy atom. The molecule has 1 rings (SSSR count). The molecule has 0 fully saturated rings. The van der Waals surface area contributed by atoms with E-state index in [2.05, 4.69) is 18.9 Å². The number of aryl methyl sites for hydroxylation is 1. The Morgan fingerprint density at radius 3 is 3.00 bits per heavy atom. The summed E-state index contributed by atoms with van der Waals surface area (Å²) in [6, 6.07) is 1.90. The van der Waals surface area contributed by atoms with Gasteiger partial charge >= 0.3 is 0 Å². The zero-order chi connectivity index (χ0) is 10.4. The Bertz CT molecular complexity index is 262. The van der Waals surface area contributed by atoms with Crippen molar-refractivity contribution in [2.24, 2.45) is 0 Å². The first-order valence-electron chi connectivity index (χ1n) is 5.07. The van der Waals surface area contributed by atoms with Crippen molar-refractivity contribution in [1.29, 1.82) is 0 Å². The van der Waals surface area contributed by atoms with E-state index in [1.165, 1.54) is 0 Å². The Hall–Kier alpha value is -0.480. The fraction of sp³-hybridized carbons (Fsp3) is 0.700. The van der Waals surface area contributed by atoms with Crippen LogP contribution in [0, 0.1) is 0 Å². The van der Waals surface area contributed by atoms with E-state index >= 15 is 0 Å². The van der Waals surface area contributed by atoms with Crippen molar-refractivity contribution < 1.29 is 5.11 Å². The number of nitrogens with zero attached hydrogens (tertiary/aromatic N) is 2. The van der Waals surface area contributed by atoms with E-state index in [1.54, 1.807) is 18.0 Å². The van der Waals surface area contributed by atoms with Crippen LogP contribution in [0.1, 0.15) is 32.1 Å². The average molecular weight is 214 g/mol. The summed E-state index contributed by atoms with van der Waals surface area (Å²) in [4.78, 5) is 0. The molecule has 0 saturated carbocycles. The zero-order valence-corrected chi connectivity index (χ0v) is 9.63. The molecule has 1 aromatic rings. The monoisotopic (exact) mass is 214 g/mol. The van der Waals surface area contributed by atoms with Crippen LogP contribution in [0.4, 0.5) is 0 Å². The third-order valence-electron chi connectivity index (χ3n) is 2.01. The van der Waals surface area contributed by atoms with Crippen molar-refractivity contribution in [2.45, 2.75) is 32.9 Å². The highest BCUT2D eigenvalue weighted by atomic mass is 32.2. The fourth-order valence-corrected chi connectivity index (χ4v) is 1.97. The van der Waals surface area contributed by atoms with Gasteiger partial charge in [0.1, 0.15) is 6.10 Å². The van der Waals surface area contributed by atoms with Gasteiger partial charge in [0, 0.05) is 18.5 Å². The molecule has 1 unspecified atom stereocenters. The molecule has 0 aromatic carbocycles. The molecule has 1 aromatic heterocycles. The molecular weight excluding hydrogens is 196 g/mol. The second-order valence-electron chi connectivity index (χ2n) is 3.15. The van der Waals surface area contributed by atoms with Crippen molar-refractivity contribution >= 4 is 11.8 Å². The van der Waals surface area contributed by atoms with Crippen molar-refractivity contribution in [3.8, 4) is 0 Å². The minimum Gasteiger partial charge on any atom is -0.386 e. The second-order valence-corrected chi connectivity index (χ2v) is 4.47. The summed E-state index contributed by atoms with van der Waals surface area (Å²) in [5, 5.41) is 14.0. The minimum absolute atomic E-state index is 0.381. The molecule has 0 radical (unpaired) electrons. The molecule has 80 valence electrons. The Labute approximate surface area is 89.5 Å². The van der Waals surface area contributed by atoms with Gasteiger partial charge in [0.15, 0.2) is 0 Å². The summed E-state index contributed by atoms with van der Waals surface area (Å²) in [7, 11) is 0. The lowest BCUT2D eigenvalue weighted by molar-refractivity contribution is 0.191. The molecule has 0 bridgehead atoms. The van der Waals surface area contributed by atoms with E-state index in [-0.39, 0.29) is 6.10 Å². The average Bonchev–Trinajstić information content (AvgIpc) is 2.63. The highest BCUT2D eigenvalue weighted by Crippen LogP contribution is 2.17. The molecule has 1 N–H and O–H groups in total. The third-order valence-corrected chi connectivity index (χ3v) is 2.97. The maximum Gasteiger partial charge on any atom is 0.105 e. The minimum atomic E-state index is -0.381. The van der Waals surface area contributed by atoms with Gasteiger partial charge in [0.25, 0.3) is 0 Å². The van der Waals surface area contributed by atoms with Crippen LogP contribution in [0.2, 0.25) is 0 Å². The number of aliphatic hydroxyl groups excluding tert-OH is 1. The van der Waals surface area contributed by atoms with Gasteiger partial charge in [-0.2, -0.15) is 16.9 Å². The number of aromatic nitrogens is 2. The first-order valence-corrected chi connectivity index (χ1v) is 6.22. The standard InChI is InChI=1S/C10H18N2OS/c1-3-7-12-9(5-6-11-12)10(13)8-14-4-2/h5-6,10,13H,3-4,7-8H2,1-2H3. The summed E-state index contributed by atoms with van der Waals surface area (Å²) in [5.41, 5.74) is 0.938. The van der Waals surface area contributed by atoms with Crippen LogP contribution in [0.25, 0.3) is 0 Å². The van der Waals surface area contributed by atoms with Crippen LogP contribution in [0.15, 0.2) is 12.3 Å². The van der Waals surface area contributed by atoms with Gasteiger partial charge < -0.3 is 5.11 Å². The van der Waals surface area contributed by atoms with Crippen LogP contribution in [0.5, 0.6) is 0 Å². The van der Waals surface area contributed by atoms with Crippen LogP contribution >= 0.6 is 11.8 Å². The lowest BCUT2D eigenvalue weighted by atomic mass is 10.3. The maximum atomic E-state index is 9.87. The summed E-state index contributed by atoms with van der Waals surface area (Å²) >= 11 is 1.75. The largest absolute Gasteiger partial charge is 0.386 e. The maximum absolute atomic E-state index is 9.87. The molecule has 0 aliphatic rings. The van der Waals surface area contributed by atoms with Crippen LogP contribution < -0.4 is 0 Å². The first-order chi connectivity index (χ1) is 6.79. The number of rotatable bonds is 6. The SMILES string of the molecule is CCCn1nccc1C(O)CSCC. The Kier molecular flexibility index (Phi) is 5.04. The summed E-state index contributed by atoms with van der Waals surface area (Å²) in [6.45, 7) is 5.09. The van der Waals surface area contributed by atoms with E-state index in [4.69, 9.17) is 0 Å².